The lowest BCUT2D eigenvalue weighted by Gasteiger charge is -2.08. The Kier molecular flexibility index (Phi) is 4.82. The second-order valence-corrected chi connectivity index (χ2v) is 3.07. The van der Waals surface area contributed by atoms with Crippen molar-refractivity contribution < 1.29 is 19.0 Å². The van der Waals surface area contributed by atoms with Gasteiger partial charge in [-0.1, -0.05) is 0 Å². The van der Waals surface area contributed by atoms with Crippen molar-refractivity contribution in [3.63, 3.8) is 0 Å². The van der Waals surface area contributed by atoms with E-state index in [1.807, 2.05) is 6.07 Å². The number of rotatable bonds is 5. The van der Waals surface area contributed by atoms with Crippen LogP contribution in [0.2, 0.25) is 0 Å². The maximum Gasteiger partial charge on any atom is 0.344 e. The number of methoxy groups -OCH3 is 1. The van der Waals surface area contributed by atoms with Gasteiger partial charge in [-0.2, -0.15) is 5.26 Å². The third-order valence-electron chi connectivity index (χ3n) is 1.96. The van der Waals surface area contributed by atoms with Gasteiger partial charge >= 0.3 is 5.97 Å². The van der Waals surface area contributed by atoms with E-state index in [0.717, 1.165) is 0 Å². The first kappa shape index (κ1) is 12.8. The van der Waals surface area contributed by atoms with Crippen LogP contribution in [0.3, 0.4) is 0 Å². The maximum absolute atomic E-state index is 11.1. The average molecular weight is 235 g/mol. The molecule has 5 nitrogen and oxygen atoms in total. The molecule has 0 bridgehead atoms. The van der Waals surface area contributed by atoms with Crippen LogP contribution in [0.1, 0.15) is 12.5 Å². The Labute approximate surface area is 99.5 Å². The van der Waals surface area contributed by atoms with Crippen molar-refractivity contribution in [3.8, 4) is 17.6 Å². The lowest BCUT2D eigenvalue weighted by atomic mass is 10.2. The summed E-state index contributed by atoms with van der Waals surface area (Å²) >= 11 is 0. The van der Waals surface area contributed by atoms with E-state index in [-0.39, 0.29) is 6.61 Å². The normalized spacial score (nSPS) is 9.24. The number of esters is 1. The molecule has 0 aliphatic heterocycles. The van der Waals surface area contributed by atoms with Crippen LogP contribution >= 0.6 is 0 Å². The van der Waals surface area contributed by atoms with Crippen molar-refractivity contribution in [3.05, 3.63) is 23.8 Å². The molecule has 0 fully saturated rings. The molecule has 90 valence electrons. The largest absolute Gasteiger partial charge is 0.497 e. The van der Waals surface area contributed by atoms with Crippen molar-refractivity contribution in [2.75, 3.05) is 20.3 Å². The first-order valence-electron chi connectivity index (χ1n) is 5.07. The van der Waals surface area contributed by atoms with Crippen molar-refractivity contribution >= 4 is 5.97 Å². The van der Waals surface area contributed by atoms with E-state index < -0.39 is 5.97 Å². The zero-order chi connectivity index (χ0) is 12.7. The Balaban J connectivity index is 2.71. The molecule has 0 unspecified atom stereocenters. The smallest absolute Gasteiger partial charge is 0.344 e. The Morgan fingerprint density at radius 1 is 1.47 bits per heavy atom. The first-order chi connectivity index (χ1) is 8.21. The summed E-state index contributed by atoms with van der Waals surface area (Å²) in [4.78, 5) is 11.1. The Morgan fingerprint density at radius 3 is 2.82 bits per heavy atom. The molecule has 0 aliphatic rings. The highest BCUT2D eigenvalue weighted by atomic mass is 16.6. The first-order valence-corrected chi connectivity index (χ1v) is 5.07. The zero-order valence-corrected chi connectivity index (χ0v) is 9.73. The molecule has 0 radical (unpaired) electrons. The van der Waals surface area contributed by atoms with E-state index >= 15 is 0 Å². The van der Waals surface area contributed by atoms with Gasteiger partial charge in [0.2, 0.25) is 0 Å². The quantitative estimate of drug-likeness (QED) is 0.723. The second kappa shape index (κ2) is 6.38. The van der Waals surface area contributed by atoms with Gasteiger partial charge in [0.15, 0.2) is 6.61 Å². The highest BCUT2D eigenvalue weighted by Crippen LogP contribution is 2.23. The molecule has 0 aromatic heterocycles. The number of benzene rings is 1. The van der Waals surface area contributed by atoms with E-state index in [4.69, 9.17) is 19.5 Å². The minimum Gasteiger partial charge on any atom is -0.497 e. The molecule has 1 aromatic rings. The summed E-state index contributed by atoms with van der Waals surface area (Å²) in [7, 11) is 1.51. The van der Waals surface area contributed by atoms with E-state index in [0.29, 0.717) is 23.7 Å². The number of nitriles is 1. The molecular formula is C12H13NO4. The molecule has 0 heterocycles. The van der Waals surface area contributed by atoms with Crippen LogP contribution in [-0.4, -0.2) is 26.3 Å². The molecule has 0 amide bonds. The summed E-state index contributed by atoms with van der Waals surface area (Å²) in [6.45, 7) is 1.80. The van der Waals surface area contributed by atoms with Crippen molar-refractivity contribution in [2.45, 2.75) is 6.92 Å². The summed E-state index contributed by atoms with van der Waals surface area (Å²) in [5.74, 6) is 0.429. The van der Waals surface area contributed by atoms with Crippen LogP contribution in [0.5, 0.6) is 11.5 Å². The number of hydrogen-bond donors (Lipinski definition) is 0. The predicted molar refractivity (Wildman–Crippen MR) is 59.8 cm³/mol. The highest BCUT2D eigenvalue weighted by molar-refractivity contribution is 5.71. The molecule has 1 aromatic carbocycles. The lowest BCUT2D eigenvalue weighted by molar-refractivity contribution is -0.145. The minimum atomic E-state index is -0.466. The topological polar surface area (TPSA) is 68.6 Å². The molecule has 17 heavy (non-hydrogen) atoms. The summed E-state index contributed by atoms with van der Waals surface area (Å²) in [5.41, 5.74) is 0.314. The monoisotopic (exact) mass is 235 g/mol. The summed E-state index contributed by atoms with van der Waals surface area (Å²) in [6, 6.07) is 6.75. The number of nitrogens with zero attached hydrogens (tertiary/aromatic N) is 1. The van der Waals surface area contributed by atoms with Crippen molar-refractivity contribution in [1.82, 2.24) is 0 Å². The van der Waals surface area contributed by atoms with Crippen LogP contribution in [0.15, 0.2) is 18.2 Å². The number of carbonyl (C=O) groups is 1. The average Bonchev–Trinajstić information content (AvgIpc) is 2.36. The summed E-state index contributed by atoms with van der Waals surface area (Å²) < 4.78 is 14.9. The van der Waals surface area contributed by atoms with Crippen LogP contribution in [0.25, 0.3) is 0 Å². The molecule has 0 saturated heterocycles. The molecule has 5 heteroatoms. The van der Waals surface area contributed by atoms with Gasteiger partial charge in [0.25, 0.3) is 0 Å². The van der Waals surface area contributed by atoms with Gasteiger partial charge in [-0.3, -0.25) is 0 Å². The lowest BCUT2D eigenvalue weighted by Crippen LogP contribution is -2.15. The third-order valence-corrected chi connectivity index (χ3v) is 1.96. The van der Waals surface area contributed by atoms with Gasteiger partial charge < -0.3 is 14.2 Å². The Bertz CT molecular complexity index is 437. The second-order valence-electron chi connectivity index (χ2n) is 3.07. The van der Waals surface area contributed by atoms with Crippen molar-refractivity contribution in [1.29, 1.82) is 5.26 Å². The van der Waals surface area contributed by atoms with Crippen LogP contribution in [-0.2, 0) is 9.53 Å². The van der Waals surface area contributed by atoms with Gasteiger partial charge in [0, 0.05) is 6.07 Å². The van der Waals surface area contributed by atoms with Crippen LogP contribution < -0.4 is 9.47 Å². The predicted octanol–water partition coefficient (Wildman–Crippen LogP) is 1.51. The molecule has 0 N–H and O–H groups in total. The number of carbonyl (C=O) groups excluding carboxylic acids is 1. The highest BCUT2D eigenvalue weighted by Gasteiger charge is 2.08. The van der Waals surface area contributed by atoms with Gasteiger partial charge in [0.05, 0.1) is 19.3 Å². The fourth-order valence-electron chi connectivity index (χ4n) is 1.19. The van der Waals surface area contributed by atoms with Gasteiger partial charge in [0.1, 0.15) is 17.6 Å². The van der Waals surface area contributed by atoms with Crippen LogP contribution in [0.4, 0.5) is 0 Å². The van der Waals surface area contributed by atoms with E-state index in [1.165, 1.54) is 7.11 Å². The van der Waals surface area contributed by atoms with Gasteiger partial charge in [-0.05, 0) is 19.1 Å². The van der Waals surface area contributed by atoms with E-state index in [1.54, 1.807) is 25.1 Å². The van der Waals surface area contributed by atoms with E-state index in [2.05, 4.69) is 0 Å². The summed E-state index contributed by atoms with van der Waals surface area (Å²) in [5, 5.41) is 8.91. The molecule has 0 saturated carbocycles. The molecular weight excluding hydrogens is 222 g/mol. The number of hydrogen-bond acceptors (Lipinski definition) is 5. The van der Waals surface area contributed by atoms with Crippen LogP contribution in [0, 0.1) is 11.3 Å². The van der Waals surface area contributed by atoms with E-state index in [9.17, 15) is 4.79 Å². The van der Waals surface area contributed by atoms with Gasteiger partial charge in [-0.15, -0.1) is 0 Å². The van der Waals surface area contributed by atoms with Gasteiger partial charge in [-0.25, -0.2) is 4.79 Å². The maximum atomic E-state index is 11.1. The fourth-order valence-corrected chi connectivity index (χ4v) is 1.19. The number of ether oxygens (including phenoxy) is 3. The SMILES string of the molecule is CCOC(=O)COc1ccc(OC)cc1C#N. The molecule has 0 aliphatic carbocycles. The Morgan fingerprint density at radius 2 is 2.24 bits per heavy atom. The molecule has 0 spiro atoms. The van der Waals surface area contributed by atoms with Crippen molar-refractivity contribution in [2.24, 2.45) is 0 Å². The minimum absolute atomic E-state index is 0.213. The molecule has 0 atom stereocenters. The molecule has 1 rings (SSSR count). The summed E-state index contributed by atoms with van der Waals surface area (Å²) in [6.07, 6.45) is 0. The zero-order valence-electron chi connectivity index (χ0n) is 9.73. The Hall–Kier alpha value is -2.22. The standard InChI is InChI=1S/C12H13NO4/c1-3-16-12(14)8-17-11-5-4-10(15-2)6-9(11)7-13/h4-6H,3,8H2,1-2H3. The fraction of sp³-hybridized carbons (Fsp3) is 0.333. The third kappa shape index (κ3) is 3.68.